The van der Waals surface area contributed by atoms with Gasteiger partial charge in [0, 0.05) is 36.4 Å². The number of hydrogen-bond donors (Lipinski definition) is 2. The molecule has 1 aliphatic heterocycles. The van der Waals surface area contributed by atoms with Crippen molar-refractivity contribution in [3.05, 3.63) is 83.9 Å². The van der Waals surface area contributed by atoms with Gasteiger partial charge in [0.25, 0.3) is 5.91 Å². The molecule has 11 heteroatoms. The molecule has 39 heavy (non-hydrogen) atoms. The van der Waals surface area contributed by atoms with Gasteiger partial charge in [-0.2, -0.15) is 13.2 Å². The monoisotopic (exact) mass is 541 g/mol. The van der Waals surface area contributed by atoms with Gasteiger partial charge in [-0.1, -0.05) is 24.3 Å². The standard InChI is InChI=1S/C28H26F3N3O5/c1-38-24-8-3-2-5-18(24)15-32-27(37)19-13-26(36)34(16-19)22-9-11-23(12-10-22)39-17-25(35)33-21-7-4-6-20(14-21)28(29,30)31/h2-12,14,19H,13,15-17H2,1H3,(H,32,37)(H,33,35)/t19-/m0/s1. The Hall–Kier alpha value is -4.54. The van der Waals surface area contributed by atoms with E-state index in [1.54, 1.807) is 37.4 Å². The van der Waals surface area contributed by atoms with E-state index in [1.807, 2.05) is 18.2 Å². The lowest BCUT2D eigenvalue weighted by atomic mass is 10.1. The molecule has 0 saturated carbocycles. The van der Waals surface area contributed by atoms with E-state index in [2.05, 4.69) is 10.6 Å². The molecule has 0 aromatic heterocycles. The number of benzene rings is 3. The van der Waals surface area contributed by atoms with Crippen LogP contribution in [0.1, 0.15) is 17.5 Å². The van der Waals surface area contributed by atoms with Gasteiger partial charge in [0.15, 0.2) is 6.61 Å². The molecule has 2 N–H and O–H groups in total. The maximum absolute atomic E-state index is 12.8. The normalized spacial score (nSPS) is 15.1. The van der Waals surface area contributed by atoms with Gasteiger partial charge in [0.1, 0.15) is 11.5 Å². The van der Waals surface area contributed by atoms with Crippen LogP contribution in [0.3, 0.4) is 0 Å². The molecule has 1 fully saturated rings. The summed E-state index contributed by atoms with van der Waals surface area (Å²) in [7, 11) is 1.56. The van der Waals surface area contributed by atoms with Crippen molar-refractivity contribution in [1.29, 1.82) is 0 Å². The number of hydrogen-bond acceptors (Lipinski definition) is 5. The number of methoxy groups -OCH3 is 1. The first-order valence-electron chi connectivity index (χ1n) is 12.0. The molecule has 0 bridgehead atoms. The Balaban J connectivity index is 1.27. The van der Waals surface area contributed by atoms with Crippen molar-refractivity contribution < 1.29 is 37.0 Å². The number of halogens is 3. The number of ether oxygens (including phenoxy) is 2. The molecule has 1 saturated heterocycles. The van der Waals surface area contributed by atoms with Gasteiger partial charge in [-0.25, -0.2) is 0 Å². The van der Waals surface area contributed by atoms with Crippen molar-refractivity contribution in [2.75, 3.05) is 30.5 Å². The minimum absolute atomic E-state index is 0.00261. The number of amides is 3. The minimum Gasteiger partial charge on any atom is -0.496 e. The van der Waals surface area contributed by atoms with E-state index >= 15 is 0 Å². The van der Waals surface area contributed by atoms with E-state index in [0.717, 1.165) is 17.7 Å². The van der Waals surface area contributed by atoms with Crippen LogP contribution in [0, 0.1) is 5.92 Å². The summed E-state index contributed by atoms with van der Waals surface area (Å²) in [5.41, 5.74) is 0.529. The second-order valence-corrected chi connectivity index (χ2v) is 8.84. The summed E-state index contributed by atoms with van der Waals surface area (Å²) in [6.45, 7) is 0.0732. The molecule has 0 aliphatic carbocycles. The molecule has 1 heterocycles. The number of rotatable bonds is 9. The van der Waals surface area contributed by atoms with Crippen molar-refractivity contribution in [3.8, 4) is 11.5 Å². The van der Waals surface area contributed by atoms with Crippen molar-refractivity contribution in [2.45, 2.75) is 19.1 Å². The van der Waals surface area contributed by atoms with E-state index in [9.17, 15) is 27.6 Å². The quantitative estimate of drug-likeness (QED) is 0.419. The Morgan fingerprint density at radius 2 is 1.77 bits per heavy atom. The molecule has 3 aromatic rings. The van der Waals surface area contributed by atoms with Crippen LogP contribution in [0.15, 0.2) is 72.8 Å². The van der Waals surface area contributed by atoms with Crippen LogP contribution < -0.4 is 25.0 Å². The zero-order valence-corrected chi connectivity index (χ0v) is 21.0. The molecule has 1 aliphatic rings. The van der Waals surface area contributed by atoms with Crippen LogP contribution in [0.2, 0.25) is 0 Å². The van der Waals surface area contributed by atoms with Crippen LogP contribution in [-0.4, -0.2) is 38.0 Å². The first-order valence-corrected chi connectivity index (χ1v) is 12.0. The predicted molar refractivity (Wildman–Crippen MR) is 137 cm³/mol. The largest absolute Gasteiger partial charge is 0.496 e. The summed E-state index contributed by atoms with van der Waals surface area (Å²) in [5.74, 6) is -0.573. The number of carbonyl (C=O) groups is 3. The molecular weight excluding hydrogens is 515 g/mol. The zero-order valence-electron chi connectivity index (χ0n) is 21.0. The molecule has 0 spiro atoms. The molecule has 3 aromatic carbocycles. The van der Waals surface area contributed by atoms with Crippen LogP contribution >= 0.6 is 0 Å². The van der Waals surface area contributed by atoms with Gasteiger partial charge in [-0.3, -0.25) is 14.4 Å². The van der Waals surface area contributed by atoms with Crippen LogP contribution in [0.4, 0.5) is 24.5 Å². The molecule has 8 nitrogen and oxygen atoms in total. The lowest BCUT2D eigenvalue weighted by Gasteiger charge is -2.17. The fourth-order valence-electron chi connectivity index (χ4n) is 4.15. The Labute approximate surface area is 222 Å². The third-order valence-corrected chi connectivity index (χ3v) is 6.13. The van der Waals surface area contributed by atoms with E-state index in [4.69, 9.17) is 9.47 Å². The van der Waals surface area contributed by atoms with Crippen LogP contribution in [-0.2, 0) is 27.1 Å². The average Bonchev–Trinajstić information content (AvgIpc) is 3.32. The third-order valence-electron chi connectivity index (χ3n) is 6.13. The lowest BCUT2D eigenvalue weighted by Crippen LogP contribution is -2.32. The van der Waals surface area contributed by atoms with Gasteiger partial charge >= 0.3 is 6.18 Å². The molecule has 1 atom stereocenters. The van der Waals surface area contributed by atoms with Crippen molar-refractivity contribution in [3.63, 3.8) is 0 Å². The molecular formula is C28H26F3N3O5. The maximum atomic E-state index is 12.8. The maximum Gasteiger partial charge on any atom is 0.416 e. The number of nitrogens with zero attached hydrogens (tertiary/aromatic N) is 1. The second-order valence-electron chi connectivity index (χ2n) is 8.84. The number of anilines is 2. The van der Waals surface area contributed by atoms with E-state index < -0.39 is 30.2 Å². The van der Waals surface area contributed by atoms with Gasteiger partial charge in [0.05, 0.1) is 18.6 Å². The SMILES string of the molecule is COc1ccccc1CNC(=O)[C@H]1CC(=O)N(c2ccc(OCC(=O)Nc3cccc(C(F)(F)F)c3)cc2)C1. The molecule has 4 rings (SSSR count). The van der Waals surface area contributed by atoms with E-state index in [1.165, 1.54) is 17.0 Å². The Bertz CT molecular complexity index is 1340. The average molecular weight is 542 g/mol. The summed E-state index contributed by atoms with van der Waals surface area (Å²) in [4.78, 5) is 38.9. The summed E-state index contributed by atoms with van der Waals surface area (Å²) in [5, 5.41) is 5.23. The minimum atomic E-state index is -4.52. The Morgan fingerprint density at radius 3 is 2.49 bits per heavy atom. The summed E-state index contributed by atoms with van der Waals surface area (Å²) < 4.78 is 49.2. The Kier molecular flexibility index (Phi) is 8.38. The lowest BCUT2D eigenvalue weighted by molar-refractivity contribution is -0.137. The van der Waals surface area contributed by atoms with Crippen molar-refractivity contribution >= 4 is 29.1 Å². The smallest absolute Gasteiger partial charge is 0.416 e. The first kappa shape index (κ1) is 27.5. The molecule has 3 amide bonds. The van der Waals surface area contributed by atoms with Crippen LogP contribution in [0.25, 0.3) is 0 Å². The molecule has 0 radical (unpaired) electrons. The number of para-hydroxylation sites is 1. The number of alkyl halides is 3. The second kappa shape index (κ2) is 11.9. The highest BCUT2D eigenvalue weighted by Crippen LogP contribution is 2.31. The highest BCUT2D eigenvalue weighted by Gasteiger charge is 2.35. The highest BCUT2D eigenvalue weighted by atomic mass is 19.4. The zero-order chi connectivity index (χ0) is 28.0. The Morgan fingerprint density at radius 1 is 1.03 bits per heavy atom. The summed E-state index contributed by atoms with van der Waals surface area (Å²) in [6.07, 6.45) is -4.44. The number of nitrogens with one attached hydrogen (secondary N) is 2. The van der Waals surface area contributed by atoms with Crippen molar-refractivity contribution in [2.24, 2.45) is 5.92 Å². The number of carbonyl (C=O) groups excluding carboxylic acids is 3. The third kappa shape index (κ3) is 7.07. The summed E-state index contributed by atoms with van der Waals surface area (Å²) in [6, 6.07) is 18.0. The predicted octanol–water partition coefficient (Wildman–Crippen LogP) is 4.40. The van der Waals surface area contributed by atoms with Crippen molar-refractivity contribution in [1.82, 2.24) is 5.32 Å². The fraction of sp³-hybridized carbons (Fsp3) is 0.250. The van der Waals surface area contributed by atoms with Crippen LogP contribution in [0.5, 0.6) is 11.5 Å². The molecule has 0 unspecified atom stereocenters. The van der Waals surface area contributed by atoms with Gasteiger partial charge < -0.3 is 25.0 Å². The fourth-order valence-corrected chi connectivity index (χ4v) is 4.15. The van der Waals surface area contributed by atoms with E-state index in [-0.39, 0.29) is 37.0 Å². The first-order chi connectivity index (χ1) is 18.6. The molecule has 204 valence electrons. The van der Waals surface area contributed by atoms with Gasteiger partial charge in [-0.15, -0.1) is 0 Å². The van der Waals surface area contributed by atoms with Gasteiger partial charge in [0.2, 0.25) is 11.8 Å². The van der Waals surface area contributed by atoms with Gasteiger partial charge in [-0.05, 0) is 48.5 Å². The van der Waals surface area contributed by atoms with E-state index in [0.29, 0.717) is 17.2 Å². The highest BCUT2D eigenvalue weighted by molar-refractivity contribution is 6.00. The summed E-state index contributed by atoms with van der Waals surface area (Å²) >= 11 is 0. The topological polar surface area (TPSA) is 97.0 Å².